The van der Waals surface area contributed by atoms with Crippen LogP contribution in [0.25, 0.3) is 0 Å². The number of hydrogen-bond donors (Lipinski definition) is 0. The summed E-state index contributed by atoms with van der Waals surface area (Å²) in [6.45, 7) is 0.668. The van der Waals surface area contributed by atoms with Crippen molar-refractivity contribution in [2.24, 2.45) is 0 Å². The van der Waals surface area contributed by atoms with E-state index in [2.05, 4.69) is 0 Å². The van der Waals surface area contributed by atoms with Gasteiger partial charge in [-0.3, -0.25) is 14.9 Å². The third-order valence-corrected chi connectivity index (χ3v) is 5.02. The van der Waals surface area contributed by atoms with Gasteiger partial charge in [0, 0.05) is 12.6 Å². The van der Waals surface area contributed by atoms with Crippen LogP contribution in [0.15, 0.2) is 36.4 Å². The zero-order valence-electron chi connectivity index (χ0n) is 12.6. The number of nitro groups is 1. The summed E-state index contributed by atoms with van der Waals surface area (Å²) < 4.78 is 5.16. The minimum atomic E-state index is -0.466. The first-order valence-corrected chi connectivity index (χ1v) is 8.11. The fraction of sp³-hybridized carbons (Fsp3) is 0.312. The number of amides is 1. The van der Waals surface area contributed by atoms with E-state index >= 15 is 0 Å². The van der Waals surface area contributed by atoms with E-state index in [1.807, 2.05) is 24.3 Å². The lowest BCUT2D eigenvalue weighted by Crippen LogP contribution is -2.29. The molecule has 120 valence electrons. The molecule has 0 radical (unpaired) electrons. The molecular formula is C16H16N2O4S. The number of thiophene rings is 1. The summed E-state index contributed by atoms with van der Waals surface area (Å²) in [6, 6.07) is 10.6. The first-order chi connectivity index (χ1) is 11.1. The Morgan fingerprint density at radius 1 is 1.30 bits per heavy atom. The third-order valence-electron chi connectivity index (χ3n) is 4.00. The van der Waals surface area contributed by atoms with Crippen LogP contribution >= 0.6 is 11.3 Å². The molecule has 23 heavy (non-hydrogen) atoms. The molecule has 0 N–H and O–H groups in total. The van der Waals surface area contributed by atoms with Crippen LogP contribution in [0.2, 0.25) is 0 Å². The maximum Gasteiger partial charge on any atom is 0.324 e. The molecule has 0 saturated carbocycles. The van der Waals surface area contributed by atoms with Crippen molar-refractivity contribution in [1.82, 2.24) is 4.90 Å². The molecule has 1 fully saturated rings. The second-order valence-corrected chi connectivity index (χ2v) is 6.39. The van der Waals surface area contributed by atoms with Crippen LogP contribution < -0.4 is 4.74 Å². The normalized spacial score (nSPS) is 17.3. The maximum absolute atomic E-state index is 12.7. The molecule has 2 aromatic rings. The number of nitrogens with zero attached hydrogens (tertiary/aromatic N) is 2. The summed E-state index contributed by atoms with van der Waals surface area (Å²) >= 11 is 0.929. The van der Waals surface area contributed by atoms with E-state index in [0.717, 1.165) is 35.5 Å². The fourth-order valence-corrected chi connectivity index (χ4v) is 3.64. The van der Waals surface area contributed by atoms with Crippen molar-refractivity contribution in [3.8, 4) is 5.75 Å². The van der Waals surface area contributed by atoms with Crippen molar-refractivity contribution in [2.45, 2.75) is 18.9 Å². The molecule has 2 heterocycles. The van der Waals surface area contributed by atoms with Crippen LogP contribution in [-0.2, 0) is 0 Å². The lowest BCUT2D eigenvalue weighted by molar-refractivity contribution is -0.380. The fourth-order valence-electron chi connectivity index (χ4n) is 2.86. The highest BCUT2D eigenvalue weighted by Crippen LogP contribution is 2.35. The Kier molecular flexibility index (Phi) is 4.29. The van der Waals surface area contributed by atoms with E-state index in [0.29, 0.717) is 11.4 Å². The molecule has 0 aliphatic carbocycles. The van der Waals surface area contributed by atoms with Gasteiger partial charge in [0.05, 0.1) is 23.0 Å². The maximum atomic E-state index is 12.7. The van der Waals surface area contributed by atoms with Crippen molar-refractivity contribution >= 4 is 22.2 Å². The lowest BCUT2D eigenvalue weighted by Gasteiger charge is -2.24. The predicted octanol–water partition coefficient (Wildman–Crippen LogP) is 3.64. The van der Waals surface area contributed by atoms with Gasteiger partial charge in [0.25, 0.3) is 5.91 Å². The average molecular weight is 332 g/mol. The monoisotopic (exact) mass is 332 g/mol. The standard InChI is InChI=1S/C16H16N2O4S/c1-22-12-6-4-11(5-7-12)13-3-2-10-17(13)16(19)14-8-9-15(23-14)18(20)21/h4-9,13H,2-3,10H2,1H3. The highest BCUT2D eigenvalue weighted by molar-refractivity contribution is 7.17. The quantitative estimate of drug-likeness (QED) is 0.633. The van der Waals surface area contributed by atoms with Crippen LogP contribution in [0.3, 0.4) is 0 Å². The Hall–Kier alpha value is -2.41. The van der Waals surface area contributed by atoms with Gasteiger partial charge in [-0.15, -0.1) is 0 Å². The molecule has 0 spiro atoms. The average Bonchev–Trinajstić information content (AvgIpc) is 3.23. The first kappa shape index (κ1) is 15.5. The van der Waals surface area contributed by atoms with Gasteiger partial charge in [0.2, 0.25) is 0 Å². The van der Waals surface area contributed by atoms with E-state index in [4.69, 9.17) is 4.74 Å². The van der Waals surface area contributed by atoms with Crippen LogP contribution in [-0.4, -0.2) is 29.4 Å². The summed E-state index contributed by atoms with van der Waals surface area (Å²) in [5.41, 5.74) is 1.06. The molecular weight excluding hydrogens is 316 g/mol. The number of carbonyl (C=O) groups is 1. The van der Waals surface area contributed by atoms with Gasteiger partial charge >= 0.3 is 5.00 Å². The number of carbonyl (C=O) groups excluding carboxylic acids is 1. The van der Waals surface area contributed by atoms with E-state index in [-0.39, 0.29) is 17.0 Å². The number of hydrogen-bond acceptors (Lipinski definition) is 5. The molecule has 3 rings (SSSR count). The Morgan fingerprint density at radius 3 is 2.65 bits per heavy atom. The van der Waals surface area contributed by atoms with Gasteiger partial charge < -0.3 is 9.64 Å². The van der Waals surface area contributed by atoms with E-state index < -0.39 is 4.92 Å². The molecule has 7 heteroatoms. The van der Waals surface area contributed by atoms with Gasteiger partial charge in [0.15, 0.2) is 0 Å². The minimum absolute atomic E-state index is 0.00598. The van der Waals surface area contributed by atoms with Crippen molar-refractivity contribution in [3.63, 3.8) is 0 Å². The van der Waals surface area contributed by atoms with Crippen molar-refractivity contribution < 1.29 is 14.5 Å². The molecule has 1 unspecified atom stereocenters. The van der Waals surface area contributed by atoms with E-state index in [1.165, 1.54) is 12.1 Å². The smallest absolute Gasteiger partial charge is 0.324 e. The number of methoxy groups -OCH3 is 1. The number of rotatable bonds is 4. The van der Waals surface area contributed by atoms with Crippen LogP contribution in [0, 0.1) is 10.1 Å². The van der Waals surface area contributed by atoms with Gasteiger partial charge in [0.1, 0.15) is 5.75 Å². The topological polar surface area (TPSA) is 72.7 Å². The van der Waals surface area contributed by atoms with Gasteiger partial charge in [-0.1, -0.05) is 23.5 Å². The number of likely N-dealkylation sites (tertiary alicyclic amines) is 1. The van der Waals surface area contributed by atoms with Crippen LogP contribution in [0.1, 0.15) is 34.1 Å². The minimum Gasteiger partial charge on any atom is -0.497 e. The molecule has 1 amide bonds. The SMILES string of the molecule is COc1ccc(C2CCCN2C(=O)c2ccc([N+](=O)[O-])s2)cc1. The number of benzene rings is 1. The Balaban J connectivity index is 1.82. The van der Waals surface area contributed by atoms with Crippen molar-refractivity contribution in [2.75, 3.05) is 13.7 Å². The van der Waals surface area contributed by atoms with Crippen LogP contribution in [0.5, 0.6) is 5.75 Å². The molecule has 1 aromatic heterocycles. The summed E-state index contributed by atoms with van der Waals surface area (Å²) in [7, 11) is 1.62. The first-order valence-electron chi connectivity index (χ1n) is 7.29. The van der Waals surface area contributed by atoms with E-state index in [9.17, 15) is 14.9 Å². The predicted molar refractivity (Wildman–Crippen MR) is 87.0 cm³/mol. The number of ether oxygens (including phenoxy) is 1. The highest BCUT2D eigenvalue weighted by atomic mass is 32.1. The summed E-state index contributed by atoms with van der Waals surface area (Å²) in [5, 5.41) is 10.8. The largest absolute Gasteiger partial charge is 0.497 e. The Bertz CT molecular complexity index is 726. The molecule has 1 aliphatic heterocycles. The Labute approximate surface area is 137 Å². The summed E-state index contributed by atoms with van der Waals surface area (Å²) in [6.07, 6.45) is 1.82. The van der Waals surface area contributed by atoms with Crippen molar-refractivity contribution in [1.29, 1.82) is 0 Å². The lowest BCUT2D eigenvalue weighted by atomic mass is 10.0. The summed E-state index contributed by atoms with van der Waals surface area (Å²) in [5.74, 6) is 0.639. The van der Waals surface area contributed by atoms with Gasteiger partial charge in [-0.25, -0.2) is 0 Å². The molecule has 1 atom stereocenters. The second kappa shape index (κ2) is 6.37. The molecule has 0 bridgehead atoms. The summed E-state index contributed by atoms with van der Waals surface area (Å²) in [4.78, 5) is 25.2. The molecule has 1 aromatic carbocycles. The van der Waals surface area contributed by atoms with Crippen LogP contribution in [0.4, 0.5) is 5.00 Å². The van der Waals surface area contributed by atoms with E-state index in [1.54, 1.807) is 12.0 Å². The van der Waals surface area contributed by atoms with Gasteiger partial charge in [-0.2, -0.15) is 0 Å². The zero-order chi connectivity index (χ0) is 16.4. The second-order valence-electron chi connectivity index (χ2n) is 5.32. The zero-order valence-corrected chi connectivity index (χ0v) is 13.4. The molecule has 1 aliphatic rings. The highest BCUT2D eigenvalue weighted by Gasteiger charge is 2.31. The molecule has 1 saturated heterocycles. The third kappa shape index (κ3) is 3.05. The Morgan fingerprint density at radius 2 is 2.04 bits per heavy atom. The van der Waals surface area contributed by atoms with Crippen molar-refractivity contribution in [3.05, 3.63) is 57.0 Å². The van der Waals surface area contributed by atoms with Gasteiger partial charge in [-0.05, 0) is 36.6 Å². The molecule has 6 nitrogen and oxygen atoms in total.